The summed E-state index contributed by atoms with van der Waals surface area (Å²) < 4.78 is 5.07. The summed E-state index contributed by atoms with van der Waals surface area (Å²) in [5.41, 5.74) is 9.42. The van der Waals surface area contributed by atoms with Gasteiger partial charge >= 0.3 is 0 Å². The van der Waals surface area contributed by atoms with E-state index < -0.39 is 0 Å². The molecule has 0 atom stereocenters. The third-order valence-corrected chi connectivity index (χ3v) is 11.9. The molecule has 0 saturated carbocycles. The molecule has 0 fully saturated rings. The molecular formula is C50H32N2S. The van der Waals surface area contributed by atoms with Crippen LogP contribution in [0, 0.1) is 0 Å². The van der Waals surface area contributed by atoms with Crippen LogP contribution in [0.15, 0.2) is 194 Å². The lowest BCUT2D eigenvalue weighted by Gasteiger charge is -2.28. The fourth-order valence-corrected chi connectivity index (χ4v) is 9.49. The molecule has 0 aliphatic carbocycles. The first kappa shape index (κ1) is 30.0. The normalized spacial score (nSPS) is 11.8. The second-order valence-electron chi connectivity index (χ2n) is 13.7. The molecular weight excluding hydrogens is 661 g/mol. The maximum atomic E-state index is 2.47. The molecule has 0 aliphatic heterocycles. The highest BCUT2D eigenvalue weighted by Gasteiger charge is 2.22. The molecule has 0 bridgehead atoms. The number of aromatic nitrogens is 1. The summed E-state index contributed by atoms with van der Waals surface area (Å²) in [6.07, 6.45) is 0. The predicted molar refractivity (Wildman–Crippen MR) is 229 cm³/mol. The van der Waals surface area contributed by atoms with Crippen LogP contribution in [0.25, 0.3) is 80.3 Å². The minimum Gasteiger partial charge on any atom is -0.309 e. The molecule has 2 nitrogen and oxygen atoms in total. The van der Waals surface area contributed by atoms with Crippen molar-refractivity contribution in [3.05, 3.63) is 194 Å². The van der Waals surface area contributed by atoms with E-state index in [0.717, 1.165) is 22.7 Å². The summed E-state index contributed by atoms with van der Waals surface area (Å²) >= 11 is 1.88. The van der Waals surface area contributed by atoms with E-state index in [1.54, 1.807) is 0 Å². The Kier molecular flexibility index (Phi) is 6.76. The largest absolute Gasteiger partial charge is 0.309 e. The molecule has 11 aromatic rings. The molecule has 2 aromatic heterocycles. The standard InChI is InChI=1S/C50H32N2S/c1-2-12-33(13-3-1)34-24-26-37(27-25-34)51-45-29-28-38(32-42(45)49-46(51)30-31-48-50(49)41-20-8-9-23-47(41)53-48)52(43-21-10-16-35-14-4-6-18-39(35)43)44-22-11-17-36-15-5-7-19-40(36)44/h1-32H. The van der Waals surface area contributed by atoms with E-state index in [-0.39, 0.29) is 0 Å². The topological polar surface area (TPSA) is 8.17 Å². The van der Waals surface area contributed by atoms with Gasteiger partial charge in [0.15, 0.2) is 0 Å². The monoisotopic (exact) mass is 692 g/mol. The number of nitrogens with zero attached hydrogens (tertiary/aromatic N) is 2. The van der Waals surface area contributed by atoms with Gasteiger partial charge in [0, 0.05) is 53.1 Å². The molecule has 3 heteroatoms. The number of anilines is 3. The van der Waals surface area contributed by atoms with Crippen molar-refractivity contribution >= 4 is 91.9 Å². The molecule has 0 saturated heterocycles. The number of benzene rings is 9. The van der Waals surface area contributed by atoms with Gasteiger partial charge in [-0.05, 0) is 82.6 Å². The number of hydrogen-bond donors (Lipinski definition) is 0. The molecule has 0 unspecified atom stereocenters. The zero-order valence-corrected chi connectivity index (χ0v) is 29.6. The molecule has 0 N–H and O–H groups in total. The van der Waals surface area contributed by atoms with Crippen LogP contribution in [0.5, 0.6) is 0 Å². The van der Waals surface area contributed by atoms with Crippen LogP contribution >= 0.6 is 11.3 Å². The first-order chi connectivity index (χ1) is 26.3. The second kappa shape index (κ2) is 11.9. The molecule has 11 rings (SSSR count). The number of thiophene rings is 1. The molecule has 0 amide bonds. The Hall–Kier alpha value is -6.68. The number of rotatable bonds is 5. The Morgan fingerprint density at radius 1 is 0.377 bits per heavy atom. The van der Waals surface area contributed by atoms with Crippen molar-refractivity contribution in [3.63, 3.8) is 0 Å². The Morgan fingerprint density at radius 3 is 1.68 bits per heavy atom. The Labute approximate surface area is 311 Å². The lowest BCUT2D eigenvalue weighted by molar-refractivity contribution is 1.18. The molecule has 0 aliphatic rings. The minimum atomic E-state index is 1.13. The summed E-state index contributed by atoms with van der Waals surface area (Å²) in [6.45, 7) is 0. The molecule has 9 aromatic carbocycles. The number of fused-ring (bicyclic) bond motifs is 9. The van der Waals surface area contributed by atoms with E-state index in [1.807, 2.05) is 11.3 Å². The van der Waals surface area contributed by atoms with Crippen molar-refractivity contribution in [2.75, 3.05) is 4.90 Å². The second-order valence-corrected chi connectivity index (χ2v) is 14.8. The summed E-state index contributed by atoms with van der Waals surface area (Å²) in [6, 6.07) is 71.0. The van der Waals surface area contributed by atoms with E-state index in [0.29, 0.717) is 0 Å². The van der Waals surface area contributed by atoms with Crippen molar-refractivity contribution in [1.82, 2.24) is 4.57 Å². The molecule has 0 spiro atoms. The van der Waals surface area contributed by atoms with Crippen LogP contribution in [0.4, 0.5) is 17.1 Å². The van der Waals surface area contributed by atoms with Gasteiger partial charge < -0.3 is 9.47 Å². The molecule has 53 heavy (non-hydrogen) atoms. The van der Waals surface area contributed by atoms with Crippen LogP contribution in [0.1, 0.15) is 0 Å². The fraction of sp³-hybridized carbons (Fsp3) is 0. The average molecular weight is 693 g/mol. The highest BCUT2D eigenvalue weighted by Crippen LogP contribution is 2.47. The van der Waals surface area contributed by atoms with Crippen molar-refractivity contribution in [1.29, 1.82) is 0 Å². The predicted octanol–water partition coefficient (Wildman–Crippen LogP) is 14.6. The van der Waals surface area contributed by atoms with Crippen molar-refractivity contribution in [2.45, 2.75) is 0 Å². The lowest BCUT2D eigenvalue weighted by Crippen LogP contribution is -2.11. The smallest absolute Gasteiger partial charge is 0.0548 e. The Balaban J connectivity index is 1.23. The van der Waals surface area contributed by atoms with Gasteiger partial charge in [-0.2, -0.15) is 0 Å². The van der Waals surface area contributed by atoms with Gasteiger partial charge in [-0.1, -0.05) is 133 Å². The van der Waals surface area contributed by atoms with Gasteiger partial charge in [0.05, 0.1) is 22.4 Å². The SMILES string of the molecule is c1ccc(-c2ccc(-n3c4ccc(N(c5cccc6ccccc56)c5cccc6ccccc56)cc4c4c5c(ccc43)sc3ccccc35)cc2)cc1. The molecule has 248 valence electrons. The maximum absolute atomic E-state index is 2.47. The first-order valence-electron chi connectivity index (χ1n) is 18.1. The van der Waals surface area contributed by atoms with Crippen LogP contribution in [0.2, 0.25) is 0 Å². The minimum absolute atomic E-state index is 1.13. The fourth-order valence-electron chi connectivity index (χ4n) is 8.38. The van der Waals surface area contributed by atoms with Crippen LogP contribution in [-0.2, 0) is 0 Å². The van der Waals surface area contributed by atoms with E-state index >= 15 is 0 Å². The van der Waals surface area contributed by atoms with Crippen LogP contribution in [-0.4, -0.2) is 4.57 Å². The summed E-state index contributed by atoms with van der Waals surface area (Å²) in [5.74, 6) is 0. The molecule has 2 heterocycles. The summed E-state index contributed by atoms with van der Waals surface area (Å²) in [5, 5.41) is 10.0. The third-order valence-electron chi connectivity index (χ3n) is 10.8. The highest BCUT2D eigenvalue weighted by atomic mass is 32.1. The van der Waals surface area contributed by atoms with Crippen molar-refractivity contribution in [3.8, 4) is 16.8 Å². The van der Waals surface area contributed by atoms with E-state index in [9.17, 15) is 0 Å². The van der Waals surface area contributed by atoms with Gasteiger partial charge in [-0.25, -0.2) is 0 Å². The quantitative estimate of drug-likeness (QED) is 0.174. The molecule has 0 radical (unpaired) electrons. The highest BCUT2D eigenvalue weighted by molar-refractivity contribution is 7.26. The summed E-state index contributed by atoms with van der Waals surface area (Å²) in [4.78, 5) is 2.47. The van der Waals surface area contributed by atoms with Crippen molar-refractivity contribution in [2.24, 2.45) is 0 Å². The van der Waals surface area contributed by atoms with Gasteiger partial charge in [0.25, 0.3) is 0 Å². The lowest BCUT2D eigenvalue weighted by atomic mass is 10.0. The van der Waals surface area contributed by atoms with Gasteiger partial charge in [-0.15, -0.1) is 11.3 Å². The summed E-state index contributed by atoms with van der Waals surface area (Å²) in [7, 11) is 0. The first-order valence-corrected chi connectivity index (χ1v) is 18.9. The zero-order chi connectivity index (χ0) is 34.9. The van der Waals surface area contributed by atoms with Gasteiger partial charge in [0.1, 0.15) is 0 Å². The van der Waals surface area contributed by atoms with Crippen LogP contribution in [0.3, 0.4) is 0 Å². The van der Waals surface area contributed by atoms with Gasteiger partial charge in [0.2, 0.25) is 0 Å². The van der Waals surface area contributed by atoms with Crippen LogP contribution < -0.4 is 4.90 Å². The van der Waals surface area contributed by atoms with E-state index in [2.05, 4.69) is 204 Å². The van der Waals surface area contributed by atoms with E-state index in [4.69, 9.17) is 0 Å². The van der Waals surface area contributed by atoms with Crippen molar-refractivity contribution < 1.29 is 0 Å². The number of hydrogen-bond acceptors (Lipinski definition) is 2. The van der Waals surface area contributed by atoms with E-state index in [1.165, 1.54) is 74.6 Å². The Morgan fingerprint density at radius 2 is 0.962 bits per heavy atom. The maximum Gasteiger partial charge on any atom is 0.0548 e. The third kappa shape index (κ3) is 4.71. The van der Waals surface area contributed by atoms with Gasteiger partial charge in [-0.3, -0.25) is 0 Å². The Bertz CT molecular complexity index is 3080. The average Bonchev–Trinajstić information content (AvgIpc) is 3.77. The zero-order valence-electron chi connectivity index (χ0n) is 28.8.